The molecule has 1 fully saturated rings. The van der Waals surface area contributed by atoms with Gasteiger partial charge in [0.1, 0.15) is 5.82 Å². The predicted molar refractivity (Wildman–Crippen MR) is 50.6 cm³/mol. The summed E-state index contributed by atoms with van der Waals surface area (Å²) in [5, 5.41) is 10.6. The number of rotatable bonds is 2. The summed E-state index contributed by atoms with van der Waals surface area (Å²) in [6.07, 6.45) is 3.39. The number of hydrogen-bond donors (Lipinski definition) is 2. The van der Waals surface area contributed by atoms with Crippen molar-refractivity contribution >= 4 is 0 Å². The van der Waals surface area contributed by atoms with Crippen molar-refractivity contribution in [1.82, 2.24) is 20.5 Å². The van der Waals surface area contributed by atoms with Gasteiger partial charge in [0.15, 0.2) is 5.82 Å². The van der Waals surface area contributed by atoms with Crippen LogP contribution in [-0.4, -0.2) is 28.3 Å². The molecule has 13 heavy (non-hydrogen) atoms. The van der Waals surface area contributed by atoms with Gasteiger partial charge in [0.2, 0.25) is 0 Å². The second kappa shape index (κ2) is 3.87. The summed E-state index contributed by atoms with van der Waals surface area (Å²) in [6.45, 7) is 4.26. The number of aryl methyl sites for hydroxylation is 1. The maximum absolute atomic E-state index is 4.45. The molecule has 1 unspecified atom stereocenters. The van der Waals surface area contributed by atoms with Crippen LogP contribution in [0.2, 0.25) is 0 Å². The van der Waals surface area contributed by atoms with Gasteiger partial charge in [-0.15, -0.1) is 0 Å². The molecule has 1 aliphatic heterocycles. The van der Waals surface area contributed by atoms with Gasteiger partial charge in [-0.25, -0.2) is 4.98 Å². The van der Waals surface area contributed by atoms with Crippen molar-refractivity contribution in [2.75, 3.05) is 13.1 Å². The second-order valence-electron chi connectivity index (χ2n) is 3.54. The summed E-state index contributed by atoms with van der Waals surface area (Å²) in [5.74, 6) is 2.51. The SMILES string of the molecule is CCc1nc(C2CCCNC2)n[nH]1. The molecule has 0 radical (unpaired) electrons. The van der Waals surface area contributed by atoms with Gasteiger partial charge in [-0.3, -0.25) is 5.10 Å². The molecule has 0 saturated carbocycles. The first-order valence-corrected chi connectivity index (χ1v) is 5.02. The standard InChI is InChI=1S/C9H16N4/c1-2-8-11-9(13-12-8)7-4-3-5-10-6-7/h7,10H,2-6H2,1H3,(H,11,12,13). The highest BCUT2D eigenvalue weighted by Gasteiger charge is 2.18. The Kier molecular flexibility index (Phi) is 2.59. The van der Waals surface area contributed by atoms with Crippen molar-refractivity contribution < 1.29 is 0 Å². The third-order valence-electron chi connectivity index (χ3n) is 2.55. The van der Waals surface area contributed by atoms with E-state index in [4.69, 9.17) is 0 Å². The molecule has 2 rings (SSSR count). The van der Waals surface area contributed by atoms with Gasteiger partial charge in [-0.2, -0.15) is 5.10 Å². The summed E-state index contributed by atoms with van der Waals surface area (Å²) < 4.78 is 0. The first kappa shape index (κ1) is 8.69. The molecule has 4 heteroatoms. The van der Waals surface area contributed by atoms with Crippen molar-refractivity contribution in [1.29, 1.82) is 0 Å². The van der Waals surface area contributed by atoms with Gasteiger partial charge in [0.25, 0.3) is 0 Å². The monoisotopic (exact) mass is 180 g/mol. The highest BCUT2D eigenvalue weighted by atomic mass is 15.2. The fraction of sp³-hybridized carbons (Fsp3) is 0.778. The van der Waals surface area contributed by atoms with Crippen LogP contribution in [0.15, 0.2) is 0 Å². The number of hydrogen-bond acceptors (Lipinski definition) is 3. The number of nitrogens with zero attached hydrogens (tertiary/aromatic N) is 2. The molecule has 0 spiro atoms. The predicted octanol–water partition coefficient (Wildman–Crippen LogP) is 0.834. The molecule has 4 nitrogen and oxygen atoms in total. The van der Waals surface area contributed by atoms with E-state index in [0.29, 0.717) is 5.92 Å². The third kappa shape index (κ3) is 1.88. The van der Waals surface area contributed by atoms with Gasteiger partial charge >= 0.3 is 0 Å². The van der Waals surface area contributed by atoms with E-state index in [9.17, 15) is 0 Å². The molecule has 0 aromatic carbocycles. The molecule has 72 valence electrons. The Morgan fingerprint density at radius 2 is 2.46 bits per heavy atom. The lowest BCUT2D eigenvalue weighted by molar-refractivity contribution is 0.447. The lowest BCUT2D eigenvalue weighted by Crippen LogP contribution is -2.28. The van der Waals surface area contributed by atoms with Crippen molar-refractivity contribution in [3.8, 4) is 0 Å². The Labute approximate surface area is 78.1 Å². The zero-order chi connectivity index (χ0) is 9.10. The van der Waals surface area contributed by atoms with Crippen molar-refractivity contribution in [2.24, 2.45) is 0 Å². The molecule has 2 N–H and O–H groups in total. The Morgan fingerprint density at radius 1 is 1.54 bits per heavy atom. The van der Waals surface area contributed by atoms with E-state index in [0.717, 1.165) is 31.2 Å². The lowest BCUT2D eigenvalue weighted by Gasteiger charge is -2.19. The zero-order valence-electron chi connectivity index (χ0n) is 8.01. The van der Waals surface area contributed by atoms with E-state index in [-0.39, 0.29) is 0 Å². The number of H-pyrrole nitrogens is 1. The van der Waals surface area contributed by atoms with Crippen LogP contribution in [0.25, 0.3) is 0 Å². The topological polar surface area (TPSA) is 53.6 Å². The fourth-order valence-corrected chi connectivity index (χ4v) is 1.72. The highest BCUT2D eigenvalue weighted by Crippen LogP contribution is 2.19. The van der Waals surface area contributed by atoms with E-state index < -0.39 is 0 Å². The number of piperidine rings is 1. The molecule has 1 saturated heterocycles. The first-order valence-electron chi connectivity index (χ1n) is 5.02. The average molecular weight is 180 g/mol. The molecule has 0 bridgehead atoms. The first-order chi connectivity index (χ1) is 6.40. The molecule has 1 aromatic heterocycles. The van der Waals surface area contributed by atoms with Crippen LogP contribution < -0.4 is 5.32 Å². The molecular formula is C9H16N4. The van der Waals surface area contributed by atoms with Crippen LogP contribution in [0.1, 0.15) is 37.3 Å². The van der Waals surface area contributed by atoms with Crippen LogP contribution in [-0.2, 0) is 6.42 Å². The number of nitrogens with one attached hydrogen (secondary N) is 2. The van der Waals surface area contributed by atoms with Crippen LogP contribution in [0.4, 0.5) is 0 Å². The molecule has 0 amide bonds. The summed E-state index contributed by atoms with van der Waals surface area (Å²) >= 11 is 0. The van der Waals surface area contributed by atoms with Gasteiger partial charge in [-0.05, 0) is 19.4 Å². The zero-order valence-corrected chi connectivity index (χ0v) is 8.01. The third-order valence-corrected chi connectivity index (χ3v) is 2.55. The molecule has 1 aromatic rings. The molecule has 2 heterocycles. The summed E-state index contributed by atoms with van der Waals surface area (Å²) in [4.78, 5) is 4.45. The van der Waals surface area contributed by atoms with Gasteiger partial charge in [-0.1, -0.05) is 6.92 Å². The van der Waals surface area contributed by atoms with Crippen LogP contribution in [0.3, 0.4) is 0 Å². The van der Waals surface area contributed by atoms with E-state index in [1.165, 1.54) is 12.8 Å². The van der Waals surface area contributed by atoms with E-state index in [1.807, 2.05) is 0 Å². The molecule has 1 atom stereocenters. The van der Waals surface area contributed by atoms with Gasteiger partial charge in [0.05, 0.1) is 0 Å². The average Bonchev–Trinajstić information content (AvgIpc) is 2.67. The van der Waals surface area contributed by atoms with Gasteiger partial charge in [0, 0.05) is 18.9 Å². The quantitative estimate of drug-likeness (QED) is 0.709. The number of aromatic amines is 1. The van der Waals surface area contributed by atoms with E-state index in [1.54, 1.807) is 0 Å². The minimum absolute atomic E-state index is 0.519. The smallest absolute Gasteiger partial charge is 0.155 e. The lowest BCUT2D eigenvalue weighted by atomic mass is 9.99. The maximum Gasteiger partial charge on any atom is 0.155 e. The van der Waals surface area contributed by atoms with Crippen LogP contribution in [0.5, 0.6) is 0 Å². The largest absolute Gasteiger partial charge is 0.316 e. The highest BCUT2D eigenvalue weighted by molar-refractivity contribution is 4.99. The summed E-state index contributed by atoms with van der Waals surface area (Å²) in [6, 6.07) is 0. The Hall–Kier alpha value is -0.900. The molecule has 1 aliphatic rings. The summed E-state index contributed by atoms with van der Waals surface area (Å²) in [7, 11) is 0. The minimum atomic E-state index is 0.519. The van der Waals surface area contributed by atoms with Crippen molar-refractivity contribution in [3.63, 3.8) is 0 Å². The maximum atomic E-state index is 4.45. The fourth-order valence-electron chi connectivity index (χ4n) is 1.72. The van der Waals surface area contributed by atoms with Crippen molar-refractivity contribution in [3.05, 3.63) is 11.6 Å². The van der Waals surface area contributed by atoms with Crippen LogP contribution in [0, 0.1) is 0 Å². The van der Waals surface area contributed by atoms with Crippen LogP contribution >= 0.6 is 0 Å². The van der Waals surface area contributed by atoms with Gasteiger partial charge < -0.3 is 5.32 Å². The Bertz CT molecular complexity index is 262. The normalized spacial score (nSPS) is 23.3. The second-order valence-corrected chi connectivity index (χ2v) is 3.54. The molecular weight excluding hydrogens is 164 g/mol. The van der Waals surface area contributed by atoms with E-state index >= 15 is 0 Å². The Morgan fingerprint density at radius 3 is 3.08 bits per heavy atom. The minimum Gasteiger partial charge on any atom is -0.316 e. The molecule has 0 aliphatic carbocycles. The number of aromatic nitrogens is 3. The van der Waals surface area contributed by atoms with Crippen molar-refractivity contribution in [2.45, 2.75) is 32.1 Å². The summed E-state index contributed by atoms with van der Waals surface area (Å²) in [5.41, 5.74) is 0. The Balaban J connectivity index is 2.05. The van der Waals surface area contributed by atoms with E-state index in [2.05, 4.69) is 27.4 Å².